The first-order valence-electron chi connectivity index (χ1n) is 7.73. The number of halogens is 1. The van der Waals surface area contributed by atoms with Gasteiger partial charge in [0.25, 0.3) is 0 Å². The Morgan fingerprint density at radius 2 is 1.67 bits per heavy atom. The van der Waals surface area contributed by atoms with Crippen molar-refractivity contribution in [2.24, 2.45) is 0 Å². The standard InChI is InChI=1S/C14H19BClNO2.C2H6/c1-13(2)14(3,4)19-15(18-13)10-5-6-11-9(12(10)16)7-8-17-11;1-2/h5-6,17H,7-8H2,1-4H3;1-2H3. The fourth-order valence-corrected chi connectivity index (χ4v) is 2.87. The fourth-order valence-electron chi connectivity index (χ4n) is 2.52. The van der Waals surface area contributed by atoms with Crippen molar-refractivity contribution in [2.75, 3.05) is 11.9 Å². The average molecular weight is 310 g/mol. The number of anilines is 1. The van der Waals surface area contributed by atoms with Gasteiger partial charge in [0.1, 0.15) is 0 Å². The third-order valence-corrected chi connectivity index (χ3v) is 4.92. The molecular weight excluding hydrogens is 284 g/mol. The van der Waals surface area contributed by atoms with E-state index in [1.165, 1.54) is 5.56 Å². The number of hydrogen-bond acceptors (Lipinski definition) is 3. The first kappa shape index (κ1) is 16.7. The lowest BCUT2D eigenvalue weighted by atomic mass is 9.78. The summed E-state index contributed by atoms with van der Waals surface area (Å²) in [6.07, 6.45) is 0.960. The first-order valence-corrected chi connectivity index (χ1v) is 8.10. The minimum absolute atomic E-state index is 0.335. The zero-order valence-electron chi connectivity index (χ0n) is 13.8. The lowest BCUT2D eigenvalue weighted by Crippen LogP contribution is -2.41. The van der Waals surface area contributed by atoms with Crippen molar-refractivity contribution in [3.05, 3.63) is 22.7 Å². The van der Waals surface area contributed by atoms with E-state index in [0.717, 1.165) is 29.1 Å². The quantitative estimate of drug-likeness (QED) is 0.804. The molecule has 0 aromatic heterocycles. The molecule has 0 bridgehead atoms. The van der Waals surface area contributed by atoms with Gasteiger partial charge in [-0.25, -0.2) is 0 Å². The molecule has 1 aromatic carbocycles. The number of rotatable bonds is 1. The molecule has 2 heterocycles. The van der Waals surface area contributed by atoms with Gasteiger partial charge in [0.2, 0.25) is 0 Å². The summed E-state index contributed by atoms with van der Waals surface area (Å²) in [5.74, 6) is 0. The van der Waals surface area contributed by atoms with Gasteiger partial charge in [-0.3, -0.25) is 0 Å². The van der Waals surface area contributed by atoms with Crippen molar-refractivity contribution in [3.63, 3.8) is 0 Å². The van der Waals surface area contributed by atoms with Crippen LogP contribution in [0.15, 0.2) is 12.1 Å². The highest BCUT2D eigenvalue weighted by atomic mass is 35.5. The molecule has 0 saturated carbocycles. The average Bonchev–Trinajstić information content (AvgIpc) is 2.96. The largest absolute Gasteiger partial charge is 0.496 e. The van der Waals surface area contributed by atoms with Crippen LogP contribution < -0.4 is 10.8 Å². The van der Waals surface area contributed by atoms with Gasteiger partial charge in [-0.1, -0.05) is 31.5 Å². The summed E-state index contributed by atoms with van der Waals surface area (Å²) in [4.78, 5) is 0. The monoisotopic (exact) mass is 309 g/mol. The Balaban J connectivity index is 0.000000774. The minimum Gasteiger partial charge on any atom is -0.399 e. The molecule has 3 rings (SSSR count). The number of fused-ring (bicyclic) bond motifs is 1. The van der Waals surface area contributed by atoms with E-state index in [0.29, 0.717) is 0 Å². The van der Waals surface area contributed by atoms with E-state index in [1.54, 1.807) is 0 Å². The van der Waals surface area contributed by atoms with E-state index in [-0.39, 0.29) is 18.3 Å². The van der Waals surface area contributed by atoms with Crippen molar-refractivity contribution >= 4 is 29.9 Å². The predicted molar refractivity (Wildman–Crippen MR) is 90.7 cm³/mol. The topological polar surface area (TPSA) is 30.5 Å². The number of benzene rings is 1. The van der Waals surface area contributed by atoms with Gasteiger partial charge in [0.15, 0.2) is 0 Å². The smallest absolute Gasteiger partial charge is 0.399 e. The molecule has 2 aliphatic heterocycles. The van der Waals surface area contributed by atoms with Crippen molar-refractivity contribution in [3.8, 4) is 0 Å². The van der Waals surface area contributed by atoms with E-state index in [2.05, 4.69) is 39.1 Å². The van der Waals surface area contributed by atoms with E-state index in [9.17, 15) is 0 Å². The summed E-state index contributed by atoms with van der Waals surface area (Å²) in [7, 11) is -0.386. The SMILES string of the molecule is CC.CC1(C)OB(c2ccc3c(c2Cl)CCN3)OC1(C)C. The highest BCUT2D eigenvalue weighted by Crippen LogP contribution is 2.38. The minimum atomic E-state index is -0.386. The third-order valence-electron chi connectivity index (χ3n) is 4.47. The molecule has 1 aromatic rings. The number of nitrogens with one attached hydrogen (secondary N) is 1. The lowest BCUT2D eigenvalue weighted by Gasteiger charge is -2.32. The van der Waals surface area contributed by atoms with Crippen LogP contribution in [0.2, 0.25) is 5.02 Å². The van der Waals surface area contributed by atoms with Crippen LogP contribution in [0.4, 0.5) is 5.69 Å². The summed E-state index contributed by atoms with van der Waals surface area (Å²) < 4.78 is 12.1. The molecule has 116 valence electrons. The Bertz CT molecular complexity index is 515. The van der Waals surface area contributed by atoms with Gasteiger partial charge >= 0.3 is 7.12 Å². The van der Waals surface area contributed by atoms with Crippen LogP contribution in [0, 0.1) is 0 Å². The summed E-state index contributed by atoms with van der Waals surface area (Å²) in [6.45, 7) is 13.2. The maximum absolute atomic E-state index is 6.52. The molecule has 21 heavy (non-hydrogen) atoms. The molecule has 1 N–H and O–H groups in total. The van der Waals surface area contributed by atoms with E-state index in [1.807, 2.05) is 19.9 Å². The second-order valence-corrected chi connectivity index (χ2v) is 6.64. The molecule has 5 heteroatoms. The Morgan fingerprint density at radius 3 is 2.24 bits per heavy atom. The zero-order chi connectivity index (χ0) is 15.8. The second-order valence-electron chi connectivity index (χ2n) is 6.26. The highest BCUT2D eigenvalue weighted by molar-refractivity contribution is 6.65. The van der Waals surface area contributed by atoms with Crippen LogP contribution in [-0.4, -0.2) is 24.9 Å². The van der Waals surface area contributed by atoms with Crippen LogP contribution in [0.5, 0.6) is 0 Å². The van der Waals surface area contributed by atoms with E-state index < -0.39 is 0 Å². The molecule has 0 amide bonds. The van der Waals surface area contributed by atoms with Crippen LogP contribution in [0.3, 0.4) is 0 Å². The molecule has 1 fully saturated rings. The van der Waals surface area contributed by atoms with Gasteiger partial charge in [-0.2, -0.15) is 0 Å². The molecule has 2 aliphatic rings. The van der Waals surface area contributed by atoms with Gasteiger partial charge < -0.3 is 14.6 Å². The van der Waals surface area contributed by atoms with Gasteiger partial charge in [-0.05, 0) is 45.7 Å². The summed E-state index contributed by atoms with van der Waals surface area (Å²) in [5, 5.41) is 4.10. The Morgan fingerprint density at radius 1 is 1.10 bits per heavy atom. The zero-order valence-corrected chi connectivity index (χ0v) is 14.6. The van der Waals surface area contributed by atoms with Crippen LogP contribution >= 0.6 is 11.6 Å². The lowest BCUT2D eigenvalue weighted by molar-refractivity contribution is 0.00578. The molecular formula is C16H25BClNO2. The van der Waals surface area contributed by atoms with E-state index in [4.69, 9.17) is 20.9 Å². The van der Waals surface area contributed by atoms with Crippen molar-refractivity contribution in [2.45, 2.75) is 59.2 Å². The summed E-state index contributed by atoms with van der Waals surface area (Å²) in [5.41, 5.74) is 2.57. The summed E-state index contributed by atoms with van der Waals surface area (Å²) in [6, 6.07) is 4.07. The summed E-state index contributed by atoms with van der Waals surface area (Å²) >= 11 is 6.52. The molecule has 1 saturated heterocycles. The normalized spacial score (nSPS) is 21.4. The Labute approximate surface area is 133 Å². The molecule has 0 spiro atoms. The maximum Gasteiger partial charge on any atom is 0.496 e. The van der Waals surface area contributed by atoms with Crippen LogP contribution in [0.25, 0.3) is 0 Å². The molecule has 0 radical (unpaired) electrons. The van der Waals surface area contributed by atoms with Crippen molar-refractivity contribution in [1.29, 1.82) is 0 Å². The Kier molecular flexibility index (Phi) is 4.62. The second kappa shape index (κ2) is 5.83. The highest BCUT2D eigenvalue weighted by Gasteiger charge is 2.52. The third kappa shape index (κ3) is 2.81. The van der Waals surface area contributed by atoms with Crippen molar-refractivity contribution < 1.29 is 9.31 Å². The van der Waals surface area contributed by atoms with Gasteiger partial charge in [0.05, 0.1) is 11.2 Å². The predicted octanol–water partition coefficient (Wildman–Crippen LogP) is 3.63. The first-order chi connectivity index (χ1) is 9.82. The number of hydrogen-bond donors (Lipinski definition) is 1. The maximum atomic E-state index is 6.52. The Hall–Kier alpha value is -0.705. The van der Waals surface area contributed by atoms with Crippen LogP contribution in [0.1, 0.15) is 47.1 Å². The van der Waals surface area contributed by atoms with E-state index >= 15 is 0 Å². The van der Waals surface area contributed by atoms with Crippen LogP contribution in [-0.2, 0) is 15.7 Å². The van der Waals surface area contributed by atoms with Crippen molar-refractivity contribution in [1.82, 2.24) is 0 Å². The molecule has 3 nitrogen and oxygen atoms in total. The van der Waals surface area contributed by atoms with Gasteiger partial charge in [0, 0.05) is 22.7 Å². The van der Waals surface area contributed by atoms with Gasteiger partial charge in [-0.15, -0.1) is 0 Å². The molecule has 0 atom stereocenters. The fraction of sp³-hybridized carbons (Fsp3) is 0.625. The molecule has 0 aliphatic carbocycles. The molecule has 0 unspecified atom stereocenters.